The molecule has 0 aliphatic carbocycles. The highest BCUT2D eigenvalue weighted by Gasteiger charge is 2.14. The van der Waals surface area contributed by atoms with Gasteiger partial charge in [-0.25, -0.2) is 0 Å². The summed E-state index contributed by atoms with van der Waals surface area (Å²) in [6, 6.07) is 5.20. The molecule has 1 amide bonds. The monoisotopic (exact) mass is 330 g/mol. The van der Waals surface area contributed by atoms with Gasteiger partial charge in [-0.3, -0.25) is 9.48 Å². The Hall–Kier alpha value is -2.78. The minimum absolute atomic E-state index is 0.0346. The van der Waals surface area contributed by atoms with Gasteiger partial charge in [-0.15, -0.1) is 0 Å². The van der Waals surface area contributed by atoms with Crippen LogP contribution in [0.3, 0.4) is 0 Å². The molecule has 1 N–H and O–H groups in total. The SMILES string of the molecule is COc1cc(Cl)c(C)cc1NC(=O)C(C#N)=Cc1cnn(C)c1. The van der Waals surface area contributed by atoms with Crippen LogP contribution in [0.1, 0.15) is 11.1 Å². The Morgan fingerprint density at radius 1 is 1.52 bits per heavy atom. The number of amides is 1. The highest BCUT2D eigenvalue weighted by molar-refractivity contribution is 6.31. The Kier molecular flexibility index (Phi) is 5.04. The fourth-order valence-electron chi connectivity index (χ4n) is 1.95. The molecular formula is C16H15ClN4O2. The fourth-order valence-corrected chi connectivity index (χ4v) is 2.10. The van der Waals surface area contributed by atoms with Crippen LogP contribution in [0.15, 0.2) is 30.1 Å². The van der Waals surface area contributed by atoms with E-state index in [9.17, 15) is 10.1 Å². The van der Waals surface area contributed by atoms with Crippen LogP contribution >= 0.6 is 11.6 Å². The Labute approximate surface area is 138 Å². The smallest absolute Gasteiger partial charge is 0.266 e. The van der Waals surface area contributed by atoms with Crippen LogP contribution < -0.4 is 10.1 Å². The number of hydrogen-bond donors (Lipinski definition) is 1. The summed E-state index contributed by atoms with van der Waals surface area (Å²) in [5.41, 5.74) is 1.87. The van der Waals surface area contributed by atoms with E-state index in [2.05, 4.69) is 10.4 Å². The van der Waals surface area contributed by atoms with Gasteiger partial charge in [-0.2, -0.15) is 10.4 Å². The third kappa shape index (κ3) is 3.90. The highest BCUT2D eigenvalue weighted by Crippen LogP contribution is 2.31. The predicted molar refractivity (Wildman–Crippen MR) is 88.2 cm³/mol. The molecule has 2 rings (SSSR count). The normalized spacial score (nSPS) is 11.0. The molecule has 1 aromatic carbocycles. The zero-order valence-electron chi connectivity index (χ0n) is 12.9. The number of aryl methyl sites for hydroxylation is 2. The van der Waals surface area contributed by atoms with Crippen LogP contribution in [-0.2, 0) is 11.8 Å². The van der Waals surface area contributed by atoms with Crippen molar-refractivity contribution < 1.29 is 9.53 Å². The molecule has 0 spiro atoms. The number of anilines is 1. The largest absolute Gasteiger partial charge is 0.495 e. The quantitative estimate of drug-likeness (QED) is 0.690. The lowest BCUT2D eigenvalue weighted by Crippen LogP contribution is -2.14. The number of methoxy groups -OCH3 is 1. The maximum absolute atomic E-state index is 12.3. The fraction of sp³-hybridized carbons (Fsp3) is 0.188. The first kappa shape index (κ1) is 16.6. The van der Waals surface area contributed by atoms with Crippen molar-refractivity contribution >= 4 is 29.3 Å². The minimum Gasteiger partial charge on any atom is -0.495 e. The van der Waals surface area contributed by atoms with E-state index in [1.165, 1.54) is 13.2 Å². The number of halogens is 1. The van der Waals surface area contributed by atoms with Crippen molar-refractivity contribution in [2.45, 2.75) is 6.92 Å². The Bertz CT molecular complexity index is 818. The van der Waals surface area contributed by atoms with Crippen LogP contribution in [0, 0.1) is 18.3 Å². The number of carbonyl (C=O) groups is 1. The van der Waals surface area contributed by atoms with Crippen LogP contribution in [0.4, 0.5) is 5.69 Å². The van der Waals surface area contributed by atoms with Crippen molar-refractivity contribution in [3.63, 3.8) is 0 Å². The maximum Gasteiger partial charge on any atom is 0.266 e. The third-order valence-electron chi connectivity index (χ3n) is 3.13. The number of benzene rings is 1. The first-order valence-electron chi connectivity index (χ1n) is 6.70. The number of hydrogen-bond acceptors (Lipinski definition) is 4. The van der Waals surface area contributed by atoms with Gasteiger partial charge in [0.1, 0.15) is 17.4 Å². The van der Waals surface area contributed by atoms with Crippen molar-refractivity contribution in [1.29, 1.82) is 5.26 Å². The van der Waals surface area contributed by atoms with Gasteiger partial charge in [0.05, 0.1) is 19.0 Å². The number of rotatable bonds is 4. The summed E-state index contributed by atoms with van der Waals surface area (Å²) in [5, 5.41) is 16.4. The van der Waals surface area contributed by atoms with E-state index in [0.29, 0.717) is 22.0 Å². The molecule has 0 unspecified atom stereocenters. The van der Waals surface area contributed by atoms with Gasteiger partial charge < -0.3 is 10.1 Å². The molecule has 1 aromatic heterocycles. The Balaban J connectivity index is 2.29. The van der Waals surface area contributed by atoms with Gasteiger partial charge in [0.15, 0.2) is 0 Å². The lowest BCUT2D eigenvalue weighted by molar-refractivity contribution is -0.112. The molecule has 0 atom stereocenters. The van der Waals surface area contributed by atoms with E-state index in [1.807, 2.05) is 13.0 Å². The molecule has 7 heteroatoms. The van der Waals surface area contributed by atoms with Gasteiger partial charge in [-0.05, 0) is 24.6 Å². The van der Waals surface area contributed by atoms with Gasteiger partial charge >= 0.3 is 0 Å². The average molecular weight is 331 g/mol. The molecule has 6 nitrogen and oxygen atoms in total. The number of carbonyl (C=O) groups excluding carboxylic acids is 1. The molecule has 0 bridgehead atoms. The number of nitrogens with one attached hydrogen (secondary N) is 1. The topological polar surface area (TPSA) is 79.9 Å². The summed E-state index contributed by atoms with van der Waals surface area (Å²) in [4.78, 5) is 12.3. The van der Waals surface area contributed by atoms with Crippen LogP contribution in [-0.4, -0.2) is 22.8 Å². The van der Waals surface area contributed by atoms with Crippen LogP contribution in [0.25, 0.3) is 6.08 Å². The predicted octanol–water partition coefficient (Wildman–Crippen LogP) is 2.94. The molecule has 23 heavy (non-hydrogen) atoms. The second-order valence-electron chi connectivity index (χ2n) is 4.87. The Morgan fingerprint density at radius 2 is 2.26 bits per heavy atom. The zero-order valence-corrected chi connectivity index (χ0v) is 13.7. The maximum atomic E-state index is 12.3. The first-order valence-corrected chi connectivity index (χ1v) is 7.08. The van der Waals surface area contributed by atoms with E-state index in [-0.39, 0.29) is 5.57 Å². The Morgan fingerprint density at radius 3 is 2.83 bits per heavy atom. The van der Waals surface area contributed by atoms with Crippen molar-refractivity contribution in [2.24, 2.45) is 7.05 Å². The molecule has 0 fully saturated rings. The average Bonchev–Trinajstić information content (AvgIpc) is 2.93. The summed E-state index contributed by atoms with van der Waals surface area (Å²) in [6.07, 6.45) is 4.74. The van der Waals surface area contributed by atoms with Gasteiger partial charge in [0, 0.05) is 29.9 Å². The van der Waals surface area contributed by atoms with E-state index >= 15 is 0 Å². The zero-order chi connectivity index (χ0) is 17.0. The summed E-state index contributed by atoms with van der Waals surface area (Å²) in [7, 11) is 3.23. The van der Waals surface area contributed by atoms with Gasteiger partial charge in [-0.1, -0.05) is 11.6 Å². The summed E-state index contributed by atoms with van der Waals surface area (Å²) in [6.45, 7) is 1.81. The molecule has 0 aliphatic heterocycles. The number of nitrogens with zero attached hydrogens (tertiary/aromatic N) is 3. The molecule has 1 heterocycles. The van der Waals surface area contributed by atoms with Crippen LogP contribution in [0.5, 0.6) is 5.75 Å². The van der Waals surface area contributed by atoms with E-state index in [0.717, 1.165) is 5.56 Å². The summed E-state index contributed by atoms with van der Waals surface area (Å²) in [5.74, 6) is -0.107. The van der Waals surface area contributed by atoms with Crippen molar-refractivity contribution in [2.75, 3.05) is 12.4 Å². The lowest BCUT2D eigenvalue weighted by atomic mass is 10.1. The number of ether oxygens (including phenoxy) is 1. The minimum atomic E-state index is -0.531. The molecule has 2 aromatic rings. The van der Waals surface area contributed by atoms with Crippen LogP contribution in [0.2, 0.25) is 5.02 Å². The number of nitriles is 1. The second kappa shape index (κ2) is 6.99. The molecule has 0 saturated heterocycles. The number of aromatic nitrogens is 2. The molecular weight excluding hydrogens is 316 g/mol. The molecule has 0 aliphatic rings. The van der Waals surface area contributed by atoms with Crippen molar-refractivity contribution in [3.05, 3.63) is 46.2 Å². The first-order chi connectivity index (χ1) is 10.9. The lowest BCUT2D eigenvalue weighted by Gasteiger charge is -2.11. The van der Waals surface area contributed by atoms with Crippen molar-refractivity contribution in [1.82, 2.24) is 9.78 Å². The van der Waals surface area contributed by atoms with Gasteiger partial charge in [0.2, 0.25) is 0 Å². The summed E-state index contributed by atoms with van der Waals surface area (Å²) < 4.78 is 6.79. The van der Waals surface area contributed by atoms with E-state index in [1.54, 1.807) is 36.3 Å². The molecule has 118 valence electrons. The van der Waals surface area contributed by atoms with Crippen molar-refractivity contribution in [3.8, 4) is 11.8 Å². The third-order valence-corrected chi connectivity index (χ3v) is 3.54. The second-order valence-corrected chi connectivity index (χ2v) is 5.28. The van der Waals surface area contributed by atoms with Gasteiger partial charge in [0.25, 0.3) is 5.91 Å². The molecule has 0 saturated carbocycles. The molecule has 0 radical (unpaired) electrons. The summed E-state index contributed by atoms with van der Waals surface area (Å²) >= 11 is 6.03. The standard InChI is InChI=1S/C16H15ClN4O2/c1-10-4-14(15(23-3)6-13(10)17)20-16(22)12(7-18)5-11-8-19-21(2)9-11/h4-6,8-9H,1-3H3,(H,20,22). The van der Waals surface area contributed by atoms with E-state index < -0.39 is 5.91 Å². The van der Waals surface area contributed by atoms with E-state index in [4.69, 9.17) is 16.3 Å². The highest BCUT2D eigenvalue weighted by atomic mass is 35.5.